The van der Waals surface area contributed by atoms with Crippen LogP contribution in [0.1, 0.15) is 24.5 Å². The van der Waals surface area contributed by atoms with Crippen molar-refractivity contribution in [2.24, 2.45) is 11.7 Å². The molecule has 1 aromatic heterocycles. The molecule has 5 heteroatoms. The monoisotopic (exact) mass is 261 g/mol. The Labute approximate surface area is 112 Å². The highest BCUT2D eigenvalue weighted by Crippen LogP contribution is 2.34. The van der Waals surface area contributed by atoms with Gasteiger partial charge in [-0.15, -0.1) is 0 Å². The molecule has 0 radical (unpaired) electrons. The minimum Gasteiger partial charge on any atom is -0.342 e. The van der Waals surface area contributed by atoms with Crippen LogP contribution in [-0.2, 0) is 11.3 Å². The first-order valence-corrected chi connectivity index (χ1v) is 6.86. The second-order valence-corrected chi connectivity index (χ2v) is 5.54. The lowest BCUT2D eigenvalue weighted by Crippen LogP contribution is -2.49. The van der Waals surface area contributed by atoms with E-state index in [-0.39, 0.29) is 11.5 Å². The van der Waals surface area contributed by atoms with Gasteiger partial charge in [0.2, 0.25) is 5.91 Å². The molecule has 0 spiro atoms. The molecule has 0 unspecified atom stereocenters. The highest BCUT2D eigenvalue weighted by Gasteiger charge is 2.35. The van der Waals surface area contributed by atoms with E-state index in [0.29, 0.717) is 24.8 Å². The largest absolute Gasteiger partial charge is 0.342 e. The van der Waals surface area contributed by atoms with E-state index in [2.05, 4.69) is 0 Å². The number of carbonyl (C=O) groups is 1. The predicted molar refractivity (Wildman–Crippen MR) is 71.8 cm³/mol. The molecule has 2 N–H and O–H groups in total. The summed E-state index contributed by atoms with van der Waals surface area (Å²) in [7, 11) is 0. The number of hydrogen-bond acceptors (Lipinski definition) is 3. The van der Waals surface area contributed by atoms with Gasteiger partial charge in [-0.05, 0) is 18.4 Å². The maximum absolute atomic E-state index is 12.0. The summed E-state index contributed by atoms with van der Waals surface area (Å²) >= 11 is 0. The number of piperidine rings is 1. The molecule has 3 rings (SSSR count). The van der Waals surface area contributed by atoms with Gasteiger partial charge in [-0.25, -0.2) is 0 Å². The third-order valence-electron chi connectivity index (χ3n) is 4.19. The minimum atomic E-state index is 0.0777. The Hall–Kier alpha value is -1.62. The van der Waals surface area contributed by atoms with Gasteiger partial charge in [-0.3, -0.25) is 9.59 Å². The summed E-state index contributed by atoms with van der Waals surface area (Å²) in [6, 6.07) is 5.44. The number of fused-ring (bicyclic) bond motifs is 4. The number of nitrogens with zero attached hydrogens (tertiary/aromatic N) is 2. The highest BCUT2D eigenvalue weighted by molar-refractivity contribution is 5.76. The number of amides is 1. The fourth-order valence-electron chi connectivity index (χ4n) is 3.38. The maximum Gasteiger partial charge on any atom is 0.250 e. The quantitative estimate of drug-likeness (QED) is 0.823. The topological polar surface area (TPSA) is 68.3 Å². The van der Waals surface area contributed by atoms with Gasteiger partial charge >= 0.3 is 0 Å². The van der Waals surface area contributed by atoms with Crippen LogP contribution in [0.4, 0.5) is 0 Å². The predicted octanol–water partition coefficient (Wildman–Crippen LogP) is 0.143. The Kier molecular flexibility index (Phi) is 3.14. The summed E-state index contributed by atoms with van der Waals surface area (Å²) < 4.78 is 1.88. The zero-order valence-corrected chi connectivity index (χ0v) is 10.9. The minimum absolute atomic E-state index is 0.0777. The van der Waals surface area contributed by atoms with Crippen LogP contribution >= 0.6 is 0 Å². The number of hydrogen-bond donors (Lipinski definition) is 1. The van der Waals surface area contributed by atoms with Crippen molar-refractivity contribution in [2.75, 3.05) is 19.6 Å². The lowest BCUT2D eigenvalue weighted by atomic mass is 9.83. The second-order valence-electron chi connectivity index (χ2n) is 5.54. The third-order valence-corrected chi connectivity index (χ3v) is 4.19. The highest BCUT2D eigenvalue weighted by atomic mass is 16.2. The van der Waals surface area contributed by atoms with Gasteiger partial charge in [0.1, 0.15) is 0 Å². The maximum atomic E-state index is 12.0. The number of carbonyl (C=O) groups excluding carboxylic acids is 1. The molecule has 1 fully saturated rings. The summed E-state index contributed by atoms with van der Waals surface area (Å²) in [6.45, 7) is 2.62. The number of aromatic nitrogens is 1. The molecule has 2 atom stereocenters. The van der Waals surface area contributed by atoms with Crippen LogP contribution in [0.15, 0.2) is 23.0 Å². The van der Waals surface area contributed by atoms with Crippen LogP contribution < -0.4 is 11.3 Å². The summed E-state index contributed by atoms with van der Waals surface area (Å²) in [5, 5.41) is 0. The van der Waals surface area contributed by atoms with Gasteiger partial charge in [0.15, 0.2) is 0 Å². The van der Waals surface area contributed by atoms with Crippen LogP contribution in [0.5, 0.6) is 0 Å². The van der Waals surface area contributed by atoms with Crippen molar-refractivity contribution in [3.05, 3.63) is 34.2 Å². The molecule has 2 bridgehead atoms. The Morgan fingerprint density at radius 2 is 2.16 bits per heavy atom. The molecular formula is C14H19N3O2. The van der Waals surface area contributed by atoms with Crippen molar-refractivity contribution in [3.8, 4) is 0 Å². The van der Waals surface area contributed by atoms with E-state index in [0.717, 1.165) is 31.7 Å². The first kappa shape index (κ1) is 12.4. The average molecular weight is 261 g/mol. The third kappa shape index (κ3) is 2.18. The Bertz CT molecular complexity index is 552. The van der Waals surface area contributed by atoms with Gasteiger partial charge in [0, 0.05) is 50.3 Å². The van der Waals surface area contributed by atoms with Gasteiger partial charge in [0.05, 0.1) is 0 Å². The van der Waals surface area contributed by atoms with Crippen LogP contribution in [0.2, 0.25) is 0 Å². The first-order valence-electron chi connectivity index (χ1n) is 6.86. The Balaban J connectivity index is 1.88. The fourth-order valence-corrected chi connectivity index (χ4v) is 3.38. The molecule has 102 valence electrons. The molecule has 19 heavy (non-hydrogen) atoms. The van der Waals surface area contributed by atoms with E-state index >= 15 is 0 Å². The fraction of sp³-hybridized carbons (Fsp3) is 0.571. The SMILES string of the molecule is NCCC(=O)N1C[C@H]2C[C@@H](C1)c1cccc(=O)n1C2. The smallest absolute Gasteiger partial charge is 0.250 e. The van der Waals surface area contributed by atoms with Crippen molar-refractivity contribution >= 4 is 5.91 Å². The van der Waals surface area contributed by atoms with Crippen molar-refractivity contribution < 1.29 is 4.79 Å². The van der Waals surface area contributed by atoms with E-state index in [1.807, 2.05) is 21.6 Å². The summed E-state index contributed by atoms with van der Waals surface area (Å²) in [5.41, 5.74) is 6.61. The summed E-state index contributed by atoms with van der Waals surface area (Å²) in [5.74, 6) is 0.833. The molecule has 0 aromatic carbocycles. The molecular weight excluding hydrogens is 242 g/mol. The number of nitrogens with two attached hydrogens (primary N) is 1. The van der Waals surface area contributed by atoms with Crippen LogP contribution in [0.25, 0.3) is 0 Å². The molecule has 5 nitrogen and oxygen atoms in total. The summed E-state index contributed by atoms with van der Waals surface area (Å²) in [4.78, 5) is 25.8. The molecule has 2 aliphatic rings. The van der Waals surface area contributed by atoms with Crippen LogP contribution in [0.3, 0.4) is 0 Å². The first-order chi connectivity index (χ1) is 9.19. The van der Waals surface area contributed by atoms with Crippen molar-refractivity contribution in [3.63, 3.8) is 0 Å². The standard InChI is InChI=1S/C14H19N3O2/c15-5-4-13(18)16-7-10-6-11(9-16)12-2-1-3-14(19)17(12)8-10/h1-3,10-11H,4-9,15H2/t10-,11+/m1/s1. The van der Waals surface area contributed by atoms with Crippen LogP contribution in [0, 0.1) is 5.92 Å². The van der Waals surface area contributed by atoms with Crippen molar-refractivity contribution in [1.82, 2.24) is 9.47 Å². The molecule has 1 aromatic rings. The van der Waals surface area contributed by atoms with Gasteiger partial charge in [-0.1, -0.05) is 6.07 Å². The van der Waals surface area contributed by atoms with Crippen molar-refractivity contribution in [2.45, 2.75) is 25.3 Å². The zero-order valence-electron chi connectivity index (χ0n) is 10.9. The number of pyridine rings is 1. The summed E-state index contributed by atoms with van der Waals surface area (Å²) in [6.07, 6.45) is 1.50. The molecule has 1 saturated heterocycles. The molecule has 1 amide bonds. The van der Waals surface area contributed by atoms with E-state index < -0.39 is 0 Å². The second kappa shape index (κ2) is 4.81. The van der Waals surface area contributed by atoms with Gasteiger partial charge in [0.25, 0.3) is 5.56 Å². The van der Waals surface area contributed by atoms with E-state index in [1.165, 1.54) is 0 Å². The van der Waals surface area contributed by atoms with E-state index in [1.54, 1.807) is 6.07 Å². The number of rotatable bonds is 2. The van der Waals surface area contributed by atoms with Crippen molar-refractivity contribution in [1.29, 1.82) is 0 Å². The van der Waals surface area contributed by atoms with E-state index in [9.17, 15) is 9.59 Å². The normalized spacial score (nSPS) is 25.0. The lowest BCUT2D eigenvalue weighted by molar-refractivity contribution is -0.133. The Morgan fingerprint density at radius 3 is 2.95 bits per heavy atom. The Morgan fingerprint density at radius 1 is 1.32 bits per heavy atom. The molecule has 3 heterocycles. The molecule has 2 aliphatic heterocycles. The van der Waals surface area contributed by atoms with Crippen LogP contribution in [-0.4, -0.2) is 35.0 Å². The van der Waals surface area contributed by atoms with E-state index in [4.69, 9.17) is 5.73 Å². The zero-order chi connectivity index (χ0) is 13.4. The van der Waals surface area contributed by atoms with Gasteiger partial charge in [-0.2, -0.15) is 0 Å². The number of likely N-dealkylation sites (tertiary alicyclic amines) is 1. The average Bonchev–Trinajstić information content (AvgIpc) is 2.40. The van der Waals surface area contributed by atoms with Gasteiger partial charge < -0.3 is 15.2 Å². The molecule has 0 aliphatic carbocycles. The molecule has 0 saturated carbocycles. The lowest BCUT2D eigenvalue weighted by Gasteiger charge is -2.42.